The van der Waals surface area contributed by atoms with Gasteiger partial charge in [0.05, 0.1) is 12.1 Å². The van der Waals surface area contributed by atoms with Crippen molar-refractivity contribution in [2.24, 2.45) is 0 Å². The number of rotatable bonds is 8. The molecule has 4 rings (SSSR count). The zero-order valence-corrected chi connectivity index (χ0v) is 19.6. The van der Waals surface area contributed by atoms with E-state index in [1.807, 2.05) is 29.2 Å². The molecule has 2 aromatic carbocycles. The molecule has 1 fully saturated rings. The van der Waals surface area contributed by atoms with Gasteiger partial charge in [0, 0.05) is 32.5 Å². The molecule has 0 saturated carbocycles. The predicted octanol–water partition coefficient (Wildman–Crippen LogP) is 3.94. The van der Waals surface area contributed by atoms with Crippen molar-refractivity contribution in [3.05, 3.63) is 65.7 Å². The molecular weight excluding hydrogens is 398 g/mol. The average Bonchev–Trinajstić information content (AvgIpc) is 2.91. The van der Waals surface area contributed by atoms with E-state index in [-0.39, 0.29) is 11.5 Å². The minimum absolute atomic E-state index is 0.113. The van der Waals surface area contributed by atoms with E-state index in [1.54, 1.807) is 0 Å². The number of piperidine rings is 1. The quantitative estimate of drug-likeness (QED) is 0.629. The molecule has 1 amide bonds. The number of amides is 1. The SMILES string of the molecule is CN(C)CCCN1CC2(CCN(CCCc3ccccc3)CC2)Oc2ccccc2C1=O. The van der Waals surface area contributed by atoms with Crippen LogP contribution in [0, 0.1) is 0 Å². The van der Waals surface area contributed by atoms with Gasteiger partial charge < -0.3 is 19.4 Å². The summed E-state index contributed by atoms with van der Waals surface area (Å²) in [6, 6.07) is 18.5. The Morgan fingerprint density at radius 1 is 0.938 bits per heavy atom. The Bertz CT molecular complexity index is 875. The van der Waals surface area contributed by atoms with E-state index in [0.29, 0.717) is 12.1 Å². The number of carbonyl (C=O) groups excluding carboxylic acids is 1. The van der Waals surface area contributed by atoms with E-state index in [2.05, 4.69) is 54.2 Å². The van der Waals surface area contributed by atoms with Crippen LogP contribution >= 0.6 is 0 Å². The first-order chi connectivity index (χ1) is 15.5. The number of aryl methyl sites for hydroxylation is 1. The Hall–Kier alpha value is -2.37. The Morgan fingerprint density at radius 3 is 2.41 bits per heavy atom. The van der Waals surface area contributed by atoms with Gasteiger partial charge in [-0.15, -0.1) is 0 Å². The number of likely N-dealkylation sites (tertiary alicyclic amines) is 1. The maximum atomic E-state index is 13.3. The van der Waals surface area contributed by atoms with Crippen LogP contribution in [0.15, 0.2) is 54.6 Å². The second-order valence-corrected chi connectivity index (χ2v) is 9.60. The molecule has 2 aliphatic rings. The van der Waals surface area contributed by atoms with Gasteiger partial charge in [0.25, 0.3) is 5.91 Å². The van der Waals surface area contributed by atoms with Crippen LogP contribution in [0.4, 0.5) is 0 Å². The van der Waals surface area contributed by atoms with E-state index in [4.69, 9.17) is 4.74 Å². The fourth-order valence-electron chi connectivity index (χ4n) is 4.94. The standard InChI is InChI=1S/C27H37N3O2/c1-28(2)17-9-19-30-22-27(32-25-14-7-6-13-24(25)26(30)31)15-20-29(21-16-27)18-8-12-23-10-4-3-5-11-23/h3-7,10-11,13-14H,8-9,12,15-22H2,1-2H3. The third kappa shape index (κ3) is 5.70. The highest BCUT2D eigenvalue weighted by atomic mass is 16.5. The molecule has 0 bridgehead atoms. The van der Waals surface area contributed by atoms with Crippen LogP contribution in [0.1, 0.15) is 41.6 Å². The Kier molecular flexibility index (Phi) is 7.48. The number of ether oxygens (including phenoxy) is 1. The van der Waals surface area contributed by atoms with Gasteiger partial charge in [-0.25, -0.2) is 0 Å². The van der Waals surface area contributed by atoms with Gasteiger partial charge in [0.2, 0.25) is 0 Å². The molecule has 5 heteroatoms. The number of fused-ring (bicyclic) bond motifs is 1. The van der Waals surface area contributed by atoms with Gasteiger partial charge in [-0.3, -0.25) is 4.79 Å². The fourth-order valence-corrected chi connectivity index (χ4v) is 4.94. The summed E-state index contributed by atoms with van der Waals surface area (Å²) in [6.07, 6.45) is 5.20. The predicted molar refractivity (Wildman–Crippen MR) is 129 cm³/mol. The number of hydrogen-bond acceptors (Lipinski definition) is 4. The second kappa shape index (κ2) is 10.5. The number of nitrogens with zero attached hydrogens (tertiary/aromatic N) is 3. The van der Waals surface area contributed by atoms with E-state index in [1.165, 1.54) is 12.0 Å². The Balaban J connectivity index is 1.39. The van der Waals surface area contributed by atoms with Gasteiger partial charge >= 0.3 is 0 Å². The van der Waals surface area contributed by atoms with Gasteiger partial charge in [0.15, 0.2) is 0 Å². The molecule has 1 spiro atoms. The Morgan fingerprint density at radius 2 is 1.66 bits per heavy atom. The second-order valence-electron chi connectivity index (χ2n) is 9.60. The van der Waals surface area contributed by atoms with Gasteiger partial charge in [-0.1, -0.05) is 42.5 Å². The third-order valence-electron chi connectivity index (χ3n) is 6.79. The minimum atomic E-state index is -0.281. The van der Waals surface area contributed by atoms with Crippen molar-refractivity contribution < 1.29 is 9.53 Å². The largest absolute Gasteiger partial charge is 0.484 e. The topological polar surface area (TPSA) is 36.0 Å². The lowest BCUT2D eigenvalue weighted by atomic mass is 9.90. The minimum Gasteiger partial charge on any atom is -0.484 e. The summed E-state index contributed by atoms with van der Waals surface area (Å²) in [4.78, 5) is 20.1. The lowest BCUT2D eigenvalue weighted by Gasteiger charge is -2.43. The van der Waals surface area contributed by atoms with E-state index >= 15 is 0 Å². The summed E-state index contributed by atoms with van der Waals surface area (Å²) in [7, 11) is 4.16. The molecule has 2 aliphatic heterocycles. The first kappa shape index (κ1) is 22.8. The normalized spacial score (nSPS) is 18.5. The molecule has 1 saturated heterocycles. The van der Waals surface area contributed by atoms with Gasteiger partial charge in [-0.05, 0) is 64.1 Å². The number of hydrogen-bond donors (Lipinski definition) is 0. The zero-order chi connectivity index (χ0) is 22.4. The average molecular weight is 436 g/mol. The maximum Gasteiger partial charge on any atom is 0.257 e. The number of carbonyl (C=O) groups is 1. The summed E-state index contributed by atoms with van der Waals surface area (Å²) in [5.41, 5.74) is 1.84. The molecule has 2 aromatic rings. The molecule has 0 aliphatic carbocycles. The highest BCUT2D eigenvalue weighted by Gasteiger charge is 2.42. The molecule has 0 N–H and O–H groups in total. The van der Waals surface area contributed by atoms with Crippen LogP contribution in [0.25, 0.3) is 0 Å². The van der Waals surface area contributed by atoms with E-state index in [9.17, 15) is 4.79 Å². The summed E-state index contributed by atoms with van der Waals surface area (Å²) in [5, 5.41) is 0. The van der Waals surface area contributed by atoms with E-state index in [0.717, 1.165) is 64.2 Å². The maximum absolute atomic E-state index is 13.3. The van der Waals surface area contributed by atoms with Crippen molar-refractivity contribution in [3.8, 4) is 5.75 Å². The number of para-hydroxylation sites is 1. The lowest BCUT2D eigenvalue weighted by molar-refractivity contribution is -0.0156. The highest BCUT2D eigenvalue weighted by Crippen LogP contribution is 2.35. The first-order valence-electron chi connectivity index (χ1n) is 12.0. The first-order valence-corrected chi connectivity index (χ1v) is 12.0. The van der Waals surface area contributed by atoms with Crippen LogP contribution in [-0.4, -0.2) is 79.6 Å². The zero-order valence-electron chi connectivity index (χ0n) is 19.6. The molecule has 0 aromatic heterocycles. The summed E-state index contributed by atoms with van der Waals surface area (Å²) >= 11 is 0. The molecule has 2 heterocycles. The van der Waals surface area contributed by atoms with Crippen molar-refractivity contribution in [2.45, 2.75) is 37.7 Å². The molecule has 5 nitrogen and oxygen atoms in total. The highest BCUT2D eigenvalue weighted by molar-refractivity contribution is 5.97. The van der Waals surface area contributed by atoms with Crippen molar-refractivity contribution in [1.82, 2.24) is 14.7 Å². The van der Waals surface area contributed by atoms with Crippen molar-refractivity contribution in [1.29, 1.82) is 0 Å². The Labute approximate surface area is 193 Å². The molecule has 32 heavy (non-hydrogen) atoms. The molecule has 0 unspecified atom stereocenters. The summed E-state index contributed by atoms with van der Waals surface area (Å²) in [5.74, 6) is 0.867. The van der Waals surface area contributed by atoms with E-state index < -0.39 is 0 Å². The summed E-state index contributed by atoms with van der Waals surface area (Å²) in [6.45, 7) is 5.61. The molecule has 0 radical (unpaired) electrons. The third-order valence-corrected chi connectivity index (χ3v) is 6.79. The summed E-state index contributed by atoms with van der Waals surface area (Å²) < 4.78 is 6.64. The van der Waals surface area contributed by atoms with Crippen molar-refractivity contribution >= 4 is 5.91 Å². The van der Waals surface area contributed by atoms with Crippen LogP contribution in [-0.2, 0) is 6.42 Å². The number of benzene rings is 2. The van der Waals surface area contributed by atoms with Crippen LogP contribution in [0.5, 0.6) is 5.75 Å². The molecule has 0 atom stereocenters. The van der Waals surface area contributed by atoms with Crippen molar-refractivity contribution in [3.63, 3.8) is 0 Å². The van der Waals surface area contributed by atoms with Crippen LogP contribution < -0.4 is 4.74 Å². The van der Waals surface area contributed by atoms with Gasteiger partial charge in [-0.2, -0.15) is 0 Å². The van der Waals surface area contributed by atoms with Crippen LogP contribution in [0.2, 0.25) is 0 Å². The molecule has 172 valence electrons. The van der Waals surface area contributed by atoms with Crippen LogP contribution in [0.3, 0.4) is 0 Å². The monoisotopic (exact) mass is 435 g/mol. The lowest BCUT2D eigenvalue weighted by Crippen LogP contribution is -2.54. The fraction of sp³-hybridized carbons (Fsp3) is 0.519. The van der Waals surface area contributed by atoms with Gasteiger partial charge in [0.1, 0.15) is 11.4 Å². The smallest absolute Gasteiger partial charge is 0.257 e. The van der Waals surface area contributed by atoms with Crippen molar-refractivity contribution in [2.75, 3.05) is 53.4 Å². The molecular formula is C27H37N3O2.